The molecule has 0 bridgehead atoms. The van der Waals surface area contributed by atoms with Crippen LogP contribution < -0.4 is 5.32 Å². The maximum atomic E-state index is 14.0. The van der Waals surface area contributed by atoms with Crippen LogP contribution in [0.1, 0.15) is 122 Å². The number of nitrogens with one attached hydrogen (secondary N) is 1. The van der Waals surface area contributed by atoms with Crippen molar-refractivity contribution in [3.8, 4) is 0 Å². The highest BCUT2D eigenvalue weighted by Gasteiger charge is 2.54. The number of esters is 1. The standard InChI is InChI=1S/C31H50N2O4/c1-21(2)37-28(36)23-11-9-22(10-12-23)26(15-17-29(3,4)5)33-27(35)25(16-20-34)32-31(33)18-13-24(14-19-31)30(6,7)8/h9-12,21,24-26,32,34H,13-20H2,1-8H3. The lowest BCUT2D eigenvalue weighted by molar-refractivity contribution is -0.137. The Balaban J connectivity index is 1.98. The molecule has 1 aliphatic carbocycles. The summed E-state index contributed by atoms with van der Waals surface area (Å²) in [5.74, 6) is 0.380. The van der Waals surface area contributed by atoms with Gasteiger partial charge in [0.25, 0.3) is 0 Å². The van der Waals surface area contributed by atoms with Gasteiger partial charge in [-0.25, -0.2) is 4.79 Å². The van der Waals surface area contributed by atoms with Gasteiger partial charge in [0.1, 0.15) is 0 Å². The highest BCUT2D eigenvalue weighted by molar-refractivity contribution is 5.89. The molecule has 208 valence electrons. The molecule has 1 amide bonds. The summed E-state index contributed by atoms with van der Waals surface area (Å²) < 4.78 is 5.38. The largest absolute Gasteiger partial charge is 0.459 e. The second-order valence-electron chi connectivity index (χ2n) is 13.8. The minimum atomic E-state index is -0.406. The van der Waals surface area contributed by atoms with E-state index in [1.165, 1.54) is 0 Å². The number of amides is 1. The lowest BCUT2D eigenvalue weighted by atomic mass is 9.69. The van der Waals surface area contributed by atoms with Crippen LogP contribution in [0.3, 0.4) is 0 Å². The normalized spacial score (nSPS) is 25.7. The third-order valence-electron chi connectivity index (χ3n) is 8.25. The van der Waals surface area contributed by atoms with E-state index in [9.17, 15) is 14.7 Å². The Labute approximate surface area is 224 Å². The maximum absolute atomic E-state index is 14.0. The SMILES string of the molecule is CC(C)OC(=O)c1ccc(C(CCC(C)(C)C)N2C(=O)C(CCO)NC23CCC(C(C)(C)C)CC3)cc1. The highest BCUT2D eigenvalue weighted by atomic mass is 16.5. The molecule has 2 unspecified atom stereocenters. The monoisotopic (exact) mass is 514 g/mol. The molecule has 2 aliphatic rings. The summed E-state index contributed by atoms with van der Waals surface area (Å²) in [6, 6.07) is 7.16. The van der Waals surface area contributed by atoms with Gasteiger partial charge in [-0.3, -0.25) is 10.1 Å². The average molecular weight is 515 g/mol. The average Bonchev–Trinajstić information content (AvgIpc) is 3.04. The Morgan fingerprint density at radius 3 is 2.19 bits per heavy atom. The molecule has 3 rings (SSSR count). The van der Waals surface area contributed by atoms with Crippen LogP contribution in [0.15, 0.2) is 24.3 Å². The Morgan fingerprint density at radius 1 is 1.11 bits per heavy atom. The molecule has 1 saturated carbocycles. The van der Waals surface area contributed by atoms with Crippen molar-refractivity contribution in [2.24, 2.45) is 16.7 Å². The molecule has 1 aliphatic heterocycles. The van der Waals surface area contributed by atoms with Crippen molar-refractivity contribution in [2.45, 2.75) is 124 Å². The van der Waals surface area contributed by atoms with Crippen molar-refractivity contribution in [3.63, 3.8) is 0 Å². The smallest absolute Gasteiger partial charge is 0.338 e. The highest BCUT2D eigenvalue weighted by Crippen LogP contribution is 2.48. The first-order valence-electron chi connectivity index (χ1n) is 14.2. The molecule has 0 radical (unpaired) electrons. The summed E-state index contributed by atoms with van der Waals surface area (Å²) in [6.07, 6.45) is 6.00. The predicted octanol–water partition coefficient (Wildman–Crippen LogP) is 6.23. The fourth-order valence-corrected chi connectivity index (χ4v) is 6.10. The van der Waals surface area contributed by atoms with Crippen LogP contribution >= 0.6 is 0 Å². The molecule has 1 aromatic carbocycles. The van der Waals surface area contributed by atoms with Gasteiger partial charge in [-0.15, -0.1) is 0 Å². The predicted molar refractivity (Wildman–Crippen MR) is 148 cm³/mol. The van der Waals surface area contributed by atoms with Gasteiger partial charge in [-0.2, -0.15) is 0 Å². The number of hydrogen-bond acceptors (Lipinski definition) is 5. The molecule has 1 spiro atoms. The summed E-state index contributed by atoms with van der Waals surface area (Å²) in [5, 5.41) is 13.4. The van der Waals surface area contributed by atoms with E-state index in [4.69, 9.17) is 4.74 Å². The number of aliphatic hydroxyl groups excluding tert-OH is 1. The van der Waals surface area contributed by atoms with E-state index in [1.54, 1.807) is 0 Å². The zero-order valence-corrected chi connectivity index (χ0v) is 24.4. The van der Waals surface area contributed by atoms with Crippen molar-refractivity contribution in [2.75, 3.05) is 6.61 Å². The lowest BCUT2D eigenvalue weighted by Crippen LogP contribution is -2.56. The Bertz CT molecular complexity index is 918. The minimum Gasteiger partial charge on any atom is -0.459 e. The second-order valence-corrected chi connectivity index (χ2v) is 13.8. The molecular formula is C31H50N2O4. The molecule has 6 heteroatoms. The van der Waals surface area contributed by atoms with Gasteiger partial charge < -0.3 is 14.7 Å². The van der Waals surface area contributed by atoms with Crippen LogP contribution in [0.25, 0.3) is 0 Å². The summed E-state index contributed by atoms with van der Waals surface area (Å²) in [7, 11) is 0. The van der Waals surface area contributed by atoms with E-state index in [0.717, 1.165) is 44.1 Å². The number of benzene rings is 1. The third kappa shape index (κ3) is 7.14. The number of rotatable bonds is 8. The Kier molecular flexibility index (Phi) is 9.17. The number of hydrogen-bond donors (Lipinski definition) is 2. The molecule has 1 saturated heterocycles. The molecule has 1 heterocycles. The van der Waals surface area contributed by atoms with Crippen LogP contribution in [0.4, 0.5) is 0 Å². The summed E-state index contributed by atoms with van der Waals surface area (Å²) in [5.41, 5.74) is 1.53. The molecular weight excluding hydrogens is 464 g/mol. The van der Waals surface area contributed by atoms with Crippen LogP contribution in [-0.2, 0) is 9.53 Å². The second kappa shape index (κ2) is 11.4. The van der Waals surface area contributed by atoms with Gasteiger partial charge in [0.2, 0.25) is 5.91 Å². The summed E-state index contributed by atoms with van der Waals surface area (Å²) in [4.78, 5) is 28.5. The van der Waals surface area contributed by atoms with Crippen molar-refractivity contribution in [1.82, 2.24) is 10.2 Å². The van der Waals surface area contributed by atoms with Crippen molar-refractivity contribution < 1.29 is 19.4 Å². The minimum absolute atomic E-state index is 0.0166. The van der Waals surface area contributed by atoms with Crippen molar-refractivity contribution in [3.05, 3.63) is 35.4 Å². The molecule has 0 aromatic heterocycles. The van der Waals surface area contributed by atoms with Crippen LogP contribution in [0.5, 0.6) is 0 Å². The Morgan fingerprint density at radius 2 is 1.70 bits per heavy atom. The number of carbonyl (C=O) groups excluding carboxylic acids is 2. The fourth-order valence-electron chi connectivity index (χ4n) is 6.10. The van der Waals surface area contributed by atoms with Crippen LogP contribution in [0, 0.1) is 16.7 Å². The molecule has 1 aromatic rings. The number of carbonyl (C=O) groups is 2. The number of aliphatic hydroxyl groups is 1. The van der Waals surface area contributed by atoms with E-state index in [2.05, 4.69) is 51.8 Å². The fraction of sp³-hybridized carbons (Fsp3) is 0.742. The molecule has 2 fully saturated rings. The topological polar surface area (TPSA) is 78.9 Å². The molecule has 2 atom stereocenters. The first-order chi connectivity index (χ1) is 17.2. The van der Waals surface area contributed by atoms with E-state index in [0.29, 0.717) is 17.9 Å². The first-order valence-corrected chi connectivity index (χ1v) is 14.2. The van der Waals surface area contributed by atoms with Gasteiger partial charge in [-0.1, -0.05) is 53.7 Å². The number of ether oxygens (including phenoxy) is 1. The third-order valence-corrected chi connectivity index (χ3v) is 8.25. The van der Waals surface area contributed by atoms with E-state index in [1.807, 2.05) is 38.1 Å². The summed E-state index contributed by atoms with van der Waals surface area (Å²) >= 11 is 0. The van der Waals surface area contributed by atoms with Crippen LogP contribution in [0.2, 0.25) is 0 Å². The van der Waals surface area contributed by atoms with Crippen molar-refractivity contribution in [1.29, 1.82) is 0 Å². The molecule has 6 nitrogen and oxygen atoms in total. The van der Waals surface area contributed by atoms with Gasteiger partial charge in [0, 0.05) is 6.61 Å². The van der Waals surface area contributed by atoms with Gasteiger partial charge in [0.05, 0.1) is 29.4 Å². The van der Waals surface area contributed by atoms with Gasteiger partial charge in [0.15, 0.2) is 0 Å². The zero-order chi connectivity index (χ0) is 27.6. The zero-order valence-electron chi connectivity index (χ0n) is 24.4. The quantitative estimate of drug-likeness (QED) is 0.402. The van der Waals surface area contributed by atoms with E-state index < -0.39 is 5.66 Å². The molecule has 37 heavy (non-hydrogen) atoms. The maximum Gasteiger partial charge on any atom is 0.338 e. The lowest BCUT2D eigenvalue weighted by Gasteiger charge is -2.49. The summed E-state index contributed by atoms with van der Waals surface area (Å²) in [6.45, 7) is 17.3. The van der Waals surface area contributed by atoms with Gasteiger partial charge in [-0.05, 0) is 93.2 Å². The van der Waals surface area contributed by atoms with Gasteiger partial charge >= 0.3 is 5.97 Å². The Hall–Kier alpha value is -1.92. The van der Waals surface area contributed by atoms with Crippen molar-refractivity contribution >= 4 is 11.9 Å². The van der Waals surface area contributed by atoms with E-state index in [-0.39, 0.29) is 47.5 Å². The van der Waals surface area contributed by atoms with Crippen LogP contribution in [-0.4, -0.2) is 46.3 Å². The first kappa shape index (κ1) is 29.6. The van der Waals surface area contributed by atoms with E-state index >= 15 is 0 Å². The molecule has 2 N–H and O–H groups in total. The number of nitrogens with zero attached hydrogens (tertiary/aromatic N) is 1.